The first-order valence-electron chi connectivity index (χ1n) is 15.5. The standard InChI is InChI=1S/C34H39N7O7/c1-18(2)14-27(40-31(45)19(3)37-32(46)25-13-12-20-8-4-6-10-23(20)38-25)33(47)41-28(34(48)39-26(30(35)44)16-29(42)43)15-21-17-36-24-11-7-5-9-22(21)24/h4-13,17-19,26-28,36H,14-16H2,1-3H3,(H2,35,44)(H,37,46)(H,39,48)(H,40,45)(H,41,47)(H,42,43)/t19-,26-,27-,28-/m0/s1. The van der Waals surface area contributed by atoms with E-state index < -0.39 is 66.1 Å². The molecule has 14 heteroatoms. The van der Waals surface area contributed by atoms with E-state index in [1.807, 2.05) is 50.2 Å². The van der Waals surface area contributed by atoms with Crippen molar-refractivity contribution in [3.05, 3.63) is 78.1 Å². The Morgan fingerprint density at radius 1 is 0.792 bits per heavy atom. The number of pyridine rings is 1. The maximum atomic E-state index is 13.7. The Balaban J connectivity index is 1.51. The molecule has 0 radical (unpaired) electrons. The number of fused-ring (bicyclic) bond motifs is 2. The molecular formula is C34H39N7O7. The van der Waals surface area contributed by atoms with Crippen LogP contribution in [-0.4, -0.2) is 74.7 Å². The van der Waals surface area contributed by atoms with Crippen LogP contribution in [0, 0.1) is 5.92 Å². The minimum Gasteiger partial charge on any atom is -0.481 e. The van der Waals surface area contributed by atoms with Crippen LogP contribution in [-0.2, 0) is 30.4 Å². The second kappa shape index (κ2) is 15.7. The molecule has 0 unspecified atom stereocenters. The highest BCUT2D eigenvalue weighted by molar-refractivity contribution is 5.99. The summed E-state index contributed by atoms with van der Waals surface area (Å²) < 4.78 is 0. The normalized spacial score (nSPS) is 13.7. The van der Waals surface area contributed by atoms with Crippen molar-refractivity contribution in [2.24, 2.45) is 11.7 Å². The molecule has 0 aliphatic rings. The molecule has 4 rings (SSSR count). The number of benzene rings is 2. The number of carboxylic acid groups (broad SMARTS) is 1. The molecule has 2 heterocycles. The number of aromatic nitrogens is 2. The van der Waals surface area contributed by atoms with Gasteiger partial charge in [-0.05, 0) is 43.0 Å². The molecule has 14 nitrogen and oxygen atoms in total. The van der Waals surface area contributed by atoms with E-state index in [0.29, 0.717) is 11.1 Å². The number of rotatable bonds is 15. The highest BCUT2D eigenvalue weighted by Crippen LogP contribution is 2.20. The lowest BCUT2D eigenvalue weighted by atomic mass is 10.00. The van der Waals surface area contributed by atoms with Crippen LogP contribution in [0.4, 0.5) is 0 Å². The third-order valence-corrected chi connectivity index (χ3v) is 7.68. The maximum absolute atomic E-state index is 13.7. The van der Waals surface area contributed by atoms with Crippen LogP contribution >= 0.6 is 0 Å². The molecule has 2 aromatic carbocycles. The Kier molecular flexibility index (Phi) is 11.4. The van der Waals surface area contributed by atoms with Crippen molar-refractivity contribution in [1.82, 2.24) is 31.2 Å². The predicted molar refractivity (Wildman–Crippen MR) is 177 cm³/mol. The van der Waals surface area contributed by atoms with Gasteiger partial charge < -0.3 is 37.1 Å². The minimum absolute atomic E-state index is 0.0340. The number of carbonyl (C=O) groups is 6. The van der Waals surface area contributed by atoms with Crippen LogP contribution in [0.5, 0.6) is 0 Å². The first-order valence-corrected chi connectivity index (χ1v) is 15.5. The molecule has 0 saturated carbocycles. The molecule has 0 bridgehead atoms. The van der Waals surface area contributed by atoms with Gasteiger partial charge in [-0.2, -0.15) is 0 Å². The van der Waals surface area contributed by atoms with Gasteiger partial charge in [-0.1, -0.05) is 56.3 Å². The topological polar surface area (TPSA) is 225 Å². The highest BCUT2D eigenvalue weighted by Gasteiger charge is 2.32. The zero-order chi connectivity index (χ0) is 35.0. The van der Waals surface area contributed by atoms with Gasteiger partial charge in [-0.25, -0.2) is 4.98 Å². The molecule has 4 aromatic rings. The van der Waals surface area contributed by atoms with Gasteiger partial charge in [0.1, 0.15) is 29.9 Å². The number of nitrogens with zero attached hydrogens (tertiary/aromatic N) is 1. The number of carbonyl (C=O) groups excluding carboxylic acids is 5. The number of para-hydroxylation sites is 2. The second-order valence-corrected chi connectivity index (χ2v) is 12.0. The van der Waals surface area contributed by atoms with E-state index in [1.165, 1.54) is 6.92 Å². The number of hydrogen-bond donors (Lipinski definition) is 7. The molecule has 48 heavy (non-hydrogen) atoms. The third kappa shape index (κ3) is 9.15. The summed E-state index contributed by atoms with van der Waals surface area (Å²) in [6.45, 7) is 5.17. The zero-order valence-electron chi connectivity index (χ0n) is 26.8. The quantitative estimate of drug-likeness (QED) is 0.0990. The summed E-state index contributed by atoms with van der Waals surface area (Å²) in [5.74, 6) is -5.22. The lowest BCUT2D eigenvalue weighted by Gasteiger charge is -2.26. The second-order valence-electron chi connectivity index (χ2n) is 12.0. The summed E-state index contributed by atoms with van der Waals surface area (Å²) in [7, 11) is 0. The Morgan fingerprint density at radius 3 is 2.15 bits per heavy atom. The van der Waals surface area contributed by atoms with Crippen molar-refractivity contribution in [3.63, 3.8) is 0 Å². The highest BCUT2D eigenvalue weighted by atomic mass is 16.4. The molecule has 8 N–H and O–H groups in total. The van der Waals surface area contributed by atoms with Gasteiger partial charge in [0.15, 0.2) is 0 Å². The Morgan fingerprint density at radius 2 is 1.44 bits per heavy atom. The molecule has 0 spiro atoms. The summed E-state index contributed by atoms with van der Waals surface area (Å²) in [5, 5.41) is 21.1. The monoisotopic (exact) mass is 657 g/mol. The van der Waals surface area contributed by atoms with Gasteiger partial charge in [0.05, 0.1) is 11.9 Å². The largest absolute Gasteiger partial charge is 0.481 e. The van der Waals surface area contributed by atoms with Crippen LogP contribution in [0.25, 0.3) is 21.8 Å². The van der Waals surface area contributed by atoms with Crippen molar-refractivity contribution in [2.45, 2.75) is 64.2 Å². The third-order valence-electron chi connectivity index (χ3n) is 7.68. The molecule has 2 aromatic heterocycles. The van der Waals surface area contributed by atoms with E-state index in [1.54, 1.807) is 30.5 Å². The lowest BCUT2D eigenvalue weighted by molar-refractivity contribution is -0.140. The first kappa shape index (κ1) is 35.1. The molecule has 4 atom stereocenters. The van der Waals surface area contributed by atoms with E-state index in [2.05, 4.69) is 31.2 Å². The molecule has 252 valence electrons. The van der Waals surface area contributed by atoms with Gasteiger partial charge in [-0.15, -0.1) is 0 Å². The fourth-order valence-electron chi connectivity index (χ4n) is 5.20. The van der Waals surface area contributed by atoms with Crippen molar-refractivity contribution >= 4 is 57.3 Å². The average Bonchev–Trinajstić information content (AvgIpc) is 3.45. The van der Waals surface area contributed by atoms with Crippen LogP contribution in [0.1, 0.15) is 49.7 Å². The summed E-state index contributed by atoms with van der Waals surface area (Å²) in [5.41, 5.74) is 7.53. The van der Waals surface area contributed by atoms with E-state index >= 15 is 0 Å². The molecular weight excluding hydrogens is 618 g/mol. The Bertz CT molecular complexity index is 1840. The van der Waals surface area contributed by atoms with Crippen molar-refractivity contribution in [2.75, 3.05) is 0 Å². The number of amides is 5. The fourth-order valence-corrected chi connectivity index (χ4v) is 5.20. The number of primary amides is 1. The summed E-state index contributed by atoms with van der Waals surface area (Å²) in [6.07, 6.45) is 1.09. The van der Waals surface area contributed by atoms with Crippen LogP contribution in [0.3, 0.4) is 0 Å². The maximum Gasteiger partial charge on any atom is 0.305 e. The number of carboxylic acids is 1. The van der Waals surface area contributed by atoms with Gasteiger partial charge in [-0.3, -0.25) is 28.8 Å². The number of nitrogens with one attached hydrogen (secondary N) is 5. The summed E-state index contributed by atoms with van der Waals surface area (Å²) >= 11 is 0. The number of nitrogens with two attached hydrogens (primary N) is 1. The molecule has 0 aliphatic heterocycles. The molecule has 0 aliphatic carbocycles. The van der Waals surface area contributed by atoms with Gasteiger partial charge in [0, 0.05) is 28.9 Å². The minimum atomic E-state index is -1.52. The van der Waals surface area contributed by atoms with E-state index in [-0.39, 0.29) is 24.5 Å². The average molecular weight is 658 g/mol. The first-order chi connectivity index (χ1) is 22.8. The number of aliphatic carboxylic acids is 1. The SMILES string of the molecule is CC(C)C[C@H](NC(=O)[C@H](C)NC(=O)c1ccc2ccccc2n1)C(=O)N[C@@H](Cc1c[nH]c2ccccc12)C(=O)N[C@@H](CC(=O)O)C(N)=O. The van der Waals surface area contributed by atoms with Gasteiger partial charge in [0.2, 0.25) is 23.6 Å². The predicted octanol–water partition coefficient (Wildman–Crippen LogP) is 1.54. The van der Waals surface area contributed by atoms with Crippen molar-refractivity contribution < 1.29 is 33.9 Å². The van der Waals surface area contributed by atoms with Crippen molar-refractivity contribution in [3.8, 4) is 0 Å². The number of H-pyrrole nitrogens is 1. The zero-order valence-corrected chi connectivity index (χ0v) is 26.8. The molecule has 0 fully saturated rings. The van der Waals surface area contributed by atoms with E-state index in [4.69, 9.17) is 5.73 Å². The Labute approximate surface area is 276 Å². The van der Waals surface area contributed by atoms with E-state index in [0.717, 1.165) is 16.3 Å². The summed E-state index contributed by atoms with van der Waals surface area (Å²) in [4.78, 5) is 84.0. The fraction of sp³-hybridized carbons (Fsp3) is 0.324. The number of aromatic amines is 1. The summed E-state index contributed by atoms with van der Waals surface area (Å²) in [6, 6.07) is 12.9. The lowest BCUT2D eigenvalue weighted by Crippen LogP contribution is -2.58. The molecule has 0 saturated heterocycles. The van der Waals surface area contributed by atoms with Crippen LogP contribution in [0.15, 0.2) is 66.9 Å². The number of hydrogen-bond acceptors (Lipinski definition) is 7. The van der Waals surface area contributed by atoms with Crippen LogP contribution in [0.2, 0.25) is 0 Å². The Hall–Kier alpha value is -5.79. The van der Waals surface area contributed by atoms with Crippen molar-refractivity contribution in [1.29, 1.82) is 0 Å². The van der Waals surface area contributed by atoms with Crippen LogP contribution < -0.4 is 27.0 Å². The molecule has 5 amide bonds. The van der Waals surface area contributed by atoms with E-state index in [9.17, 15) is 33.9 Å². The van der Waals surface area contributed by atoms with Gasteiger partial charge in [0.25, 0.3) is 5.91 Å². The van der Waals surface area contributed by atoms with Gasteiger partial charge >= 0.3 is 5.97 Å². The smallest absolute Gasteiger partial charge is 0.305 e.